The van der Waals surface area contributed by atoms with Crippen molar-refractivity contribution in [2.24, 2.45) is 0 Å². The molecule has 4 aromatic rings. The van der Waals surface area contributed by atoms with E-state index in [0.29, 0.717) is 12.4 Å². The van der Waals surface area contributed by atoms with E-state index < -0.39 is 11.6 Å². The zero-order valence-corrected chi connectivity index (χ0v) is 16.7. The first-order chi connectivity index (χ1) is 13.6. The highest BCUT2D eigenvalue weighted by Crippen LogP contribution is 2.43. The Morgan fingerprint density at radius 2 is 1.96 bits per heavy atom. The number of hydrogen-bond acceptors (Lipinski definition) is 4. The summed E-state index contributed by atoms with van der Waals surface area (Å²) < 4.78 is 35.9. The molecular formula is C20H12BrF2N3OS. The molecular weight excluding hydrogens is 448 g/mol. The van der Waals surface area contributed by atoms with Gasteiger partial charge in [0.05, 0.1) is 17.2 Å². The topological polar surface area (TPSA) is 39.9 Å². The van der Waals surface area contributed by atoms with E-state index in [2.05, 4.69) is 26.1 Å². The van der Waals surface area contributed by atoms with E-state index in [1.807, 2.05) is 24.3 Å². The number of thiophene rings is 1. The van der Waals surface area contributed by atoms with E-state index in [4.69, 9.17) is 4.74 Å². The molecule has 0 amide bonds. The fraction of sp³-hybridized carbons (Fsp3) is 0.100. The molecule has 8 heteroatoms. The summed E-state index contributed by atoms with van der Waals surface area (Å²) in [4.78, 5) is 2.03. The van der Waals surface area contributed by atoms with E-state index >= 15 is 0 Å². The molecule has 28 heavy (non-hydrogen) atoms. The number of aromatic nitrogens is 3. The van der Waals surface area contributed by atoms with Crippen molar-refractivity contribution in [3.63, 3.8) is 0 Å². The Labute approximate surface area is 171 Å². The fourth-order valence-electron chi connectivity index (χ4n) is 3.30. The fourth-order valence-corrected chi connectivity index (χ4v) is 4.80. The lowest BCUT2D eigenvalue weighted by atomic mass is 10.0. The quantitative estimate of drug-likeness (QED) is 0.389. The molecule has 0 saturated heterocycles. The Balaban J connectivity index is 1.65. The van der Waals surface area contributed by atoms with E-state index in [1.54, 1.807) is 11.3 Å². The molecule has 2 aromatic heterocycles. The highest BCUT2D eigenvalue weighted by atomic mass is 79.9. The zero-order valence-electron chi connectivity index (χ0n) is 14.3. The van der Waals surface area contributed by atoms with Gasteiger partial charge in [-0.2, -0.15) is 0 Å². The van der Waals surface area contributed by atoms with Gasteiger partial charge in [0.25, 0.3) is 0 Å². The van der Waals surface area contributed by atoms with Crippen LogP contribution in [0, 0.1) is 11.6 Å². The minimum absolute atomic E-state index is 0.205. The summed E-state index contributed by atoms with van der Waals surface area (Å²) in [7, 11) is 0. The highest BCUT2D eigenvalue weighted by molar-refractivity contribution is 9.10. The smallest absolute Gasteiger partial charge is 0.178 e. The standard InChI is InChI=1S/C20H12BrF2N3OS/c21-11-1-4-17-13(7-11)14-9-19(28-18(14)5-6-27-17)20-25-24-10-26(20)16-3-2-12(22)8-15(16)23/h1-4,7-10H,5-6H2. The Morgan fingerprint density at radius 3 is 2.82 bits per heavy atom. The van der Waals surface area contributed by atoms with Gasteiger partial charge in [0.1, 0.15) is 23.7 Å². The molecule has 1 aliphatic heterocycles. The number of benzene rings is 2. The summed E-state index contributed by atoms with van der Waals surface area (Å²) in [5.41, 5.74) is 2.28. The summed E-state index contributed by atoms with van der Waals surface area (Å²) in [6.07, 6.45) is 2.20. The van der Waals surface area contributed by atoms with Crippen molar-refractivity contribution in [1.29, 1.82) is 0 Å². The third kappa shape index (κ3) is 2.93. The van der Waals surface area contributed by atoms with Crippen molar-refractivity contribution in [2.75, 3.05) is 6.61 Å². The third-order valence-corrected chi connectivity index (χ3v) is 6.25. The van der Waals surface area contributed by atoms with Gasteiger partial charge in [-0.05, 0) is 36.4 Å². The van der Waals surface area contributed by atoms with Gasteiger partial charge in [0, 0.05) is 33.0 Å². The van der Waals surface area contributed by atoms with Crippen LogP contribution in [0.2, 0.25) is 0 Å². The lowest BCUT2D eigenvalue weighted by Crippen LogP contribution is -1.99. The number of hydrogen-bond donors (Lipinski definition) is 0. The predicted molar refractivity (Wildman–Crippen MR) is 107 cm³/mol. The van der Waals surface area contributed by atoms with Crippen LogP contribution in [0.1, 0.15) is 4.88 Å². The molecule has 5 rings (SSSR count). The highest BCUT2D eigenvalue weighted by Gasteiger charge is 2.22. The van der Waals surface area contributed by atoms with Crippen LogP contribution in [-0.2, 0) is 6.42 Å². The summed E-state index contributed by atoms with van der Waals surface area (Å²) >= 11 is 5.10. The molecule has 140 valence electrons. The van der Waals surface area contributed by atoms with Crippen LogP contribution in [0.4, 0.5) is 8.78 Å². The maximum Gasteiger partial charge on any atom is 0.178 e. The number of halogens is 3. The molecule has 4 nitrogen and oxygen atoms in total. The second-order valence-electron chi connectivity index (χ2n) is 6.31. The van der Waals surface area contributed by atoms with Crippen LogP contribution < -0.4 is 4.74 Å². The van der Waals surface area contributed by atoms with Crippen molar-refractivity contribution >= 4 is 27.3 Å². The Kier molecular flexibility index (Phi) is 4.25. The molecule has 0 atom stereocenters. The van der Waals surface area contributed by atoms with Crippen LogP contribution in [-0.4, -0.2) is 21.4 Å². The second kappa shape index (κ2) is 6.79. The van der Waals surface area contributed by atoms with E-state index in [1.165, 1.54) is 27.9 Å². The first-order valence-corrected chi connectivity index (χ1v) is 10.1. The first kappa shape index (κ1) is 17.5. The Morgan fingerprint density at radius 1 is 1.07 bits per heavy atom. The van der Waals surface area contributed by atoms with Crippen molar-refractivity contribution in [3.8, 4) is 33.3 Å². The lowest BCUT2D eigenvalue weighted by Gasteiger charge is -2.08. The average Bonchev–Trinajstić information content (AvgIpc) is 3.27. The van der Waals surface area contributed by atoms with Crippen LogP contribution >= 0.6 is 27.3 Å². The van der Waals surface area contributed by atoms with Crippen LogP contribution in [0.3, 0.4) is 0 Å². The van der Waals surface area contributed by atoms with Gasteiger partial charge in [-0.25, -0.2) is 8.78 Å². The number of fused-ring (bicyclic) bond motifs is 3. The summed E-state index contributed by atoms with van der Waals surface area (Å²) in [5.74, 6) is 0.0566. The monoisotopic (exact) mass is 459 g/mol. The van der Waals surface area contributed by atoms with Crippen molar-refractivity contribution in [1.82, 2.24) is 14.8 Å². The van der Waals surface area contributed by atoms with E-state index in [0.717, 1.165) is 38.7 Å². The molecule has 0 unspecified atom stereocenters. The molecule has 2 aromatic carbocycles. The molecule has 3 heterocycles. The molecule has 0 N–H and O–H groups in total. The predicted octanol–water partition coefficient (Wildman–Crippen LogP) is 5.64. The molecule has 0 bridgehead atoms. The molecule has 0 saturated carbocycles. The molecule has 0 fully saturated rings. The Bertz CT molecular complexity index is 1200. The first-order valence-electron chi connectivity index (χ1n) is 8.51. The van der Waals surface area contributed by atoms with Crippen LogP contribution in [0.5, 0.6) is 5.75 Å². The van der Waals surface area contributed by atoms with Gasteiger partial charge >= 0.3 is 0 Å². The number of ether oxygens (including phenoxy) is 1. The van der Waals surface area contributed by atoms with Crippen molar-refractivity contribution < 1.29 is 13.5 Å². The SMILES string of the molecule is Fc1ccc(-n2cnnc2-c2cc3c(s2)CCOc2ccc(Br)cc2-3)c(F)c1. The van der Waals surface area contributed by atoms with Gasteiger partial charge in [0.15, 0.2) is 5.82 Å². The van der Waals surface area contributed by atoms with Crippen molar-refractivity contribution in [2.45, 2.75) is 6.42 Å². The largest absolute Gasteiger partial charge is 0.493 e. The third-order valence-electron chi connectivity index (χ3n) is 4.56. The maximum absolute atomic E-state index is 14.3. The minimum Gasteiger partial charge on any atom is -0.493 e. The van der Waals surface area contributed by atoms with Gasteiger partial charge in [-0.15, -0.1) is 21.5 Å². The maximum atomic E-state index is 14.3. The average molecular weight is 460 g/mol. The molecule has 0 spiro atoms. The van der Waals surface area contributed by atoms with Gasteiger partial charge < -0.3 is 4.74 Å². The lowest BCUT2D eigenvalue weighted by molar-refractivity contribution is 0.327. The number of rotatable bonds is 2. The number of nitrogens with zero attached hydrogens (tertiary/aromatic N) is 3. The molecule has 0 aliphatic carbocycles. The van der Waals surface area contributed by atoms with Crippen LogP contribution in [0.25, 0.3) is 27.5 Å². The molecule has 0 radical (unpaired) electrons. The van der Waals surface area contributed by atoms with Gasteiger partial charge in [-0.1, -0.05) is 15.9 Å². The van der Waals surface area contributed by atoms with E-state index in [-0.39, 0.29) is 5.69 Å². The Hall–Kier alpha value is -2.58. The second-order valence-corrected chi connectivity index (χ2v) is 8.36. The summed E-state index contributed by atoms with van der Waals surface area (Å²) in [5, 5.41) is 8.14. The summed E-state index contributed by atoms with van der Waals surface area (Å²) in [6, 6.07) is 11.4. The van der Waals surface area contributed by atoms with Crippen LogP contribution in [0.15, 0.2) is 53.3 Å². The zero-order chi connectivity index (χ0) is 19.3. The van der Waals surface area contributed by atoms with Gasteiger partial charge in [0.2, 0.25) is 0 Å². The normalized spacial score (nSPS) is 12.8. The van der Waals surface area contributed by atoms with Crippen molar-refractivity contribution in [3.05, 3.63) is 69.8 Å². The summed E-state index contributed by atoms with van der Waals surface area (Å²) in [6.45, 7) is 0.584. The van der Waals surface area contributed by atoms with E-state index in [9.17, 15) is 8.78 Å². The molecule has 1 aliphatic rings. The minimum atomic E-state index is -0.665. The van der Waals surface area contributed by atoms with Gasteiger partial charge in [-0.3, -0.25) is 4.57 Å².